The van der Waals surface area contributed by atoms with E-state index in [-0.39, 0.29) is 37.4 Å². The smallest absolute Gasteiger partial charge is 0.416 e. The van der Waals surface area contributed by atoms with Crippen LogP contribution in [0.3, 0.4) is 0 Å². The fraction of sp³-hybridized carbons (Fsp3) is 0.429. The lowest BCUT2D eigenvalue weighted by atomic mass is 9.97. The number of halogens is 7. The number of aryl methyl sites for hydroxylation is 1. The summed E-state index contributed by atoms with van der Waals surface area (Å²) >= 11 is 6.73. The number of pyridine rings is 2. The number of methoxy groups -OCH3 is 1. The maximum Gasteiger partial charge on any atom is 0.416 e. The first-order chi connectivity index (χ1) is 24.6. The van der Waals surface area contributed by atoms with E-state index in [2.05, 4.69) is 15.1 Å². The standard InChI is InChI=1S/C35H36ClF6N7O3/c1-46-18-24(15-45-46)23-3-4-31(43-14-23)49(17-21-9-25(34(37,38)39)11-26(10-21)35(40,41)42)27-12-28(20-52-2)48(19-27)30-13-32(44-16-29(30)36)47-7-5-22(6-8-47)33(50)51/h3-4,9-11,13-16,18,22,27-28H,5-8,12,17,19-20H2,1-2H3,(H,50,51)/t27-,28-/m0/s1. The zero-order valence-corrected chi connectivity index (χ0v) is 29.0. The summed E-state index contributed by atoms with van der Waals surface area (Å²) in [5.74, 6) is -0.309. The van der Waals surface area contributed by atoms with Crippen LogP contribution in [-0.2, 0) is 35.5 Å². The Morgan fingerprint density at radius 1 is 0.981 bits per heavy atom. The molecule has 2 aliphatic rings. The molecule has 0 radical (unpaired) electrons. The highest BCUT2D eigenvalue weighted by molar-refractivity contribution is 6.33. The molecule has 278 valence electrons. The first kappa shape index (κ1) is 37.2. The molecule has 1 N–H and O–H groups in total. The molecule has 5 heterocycles. The number of piperidine rings is 1. The number of alkyl halides is 6. The predicted molar refractivity (Wildman–Crippen MR) is 182 cm³/mol. The molecule has 2 atom stereocenters. The molecule has 10 nitrogen and oxygen atoms in total. The Bertz CT molecular complexity index is 1850. The number of hydrogen-bond acceptors (Lipinski definition) is 8. The quantitative estimate of drug-likeness (QED) is 0.169. The number of rotatable bonds is 10. The molecule has 2 aliphatic heterocycles. The van der Waals surface area contributed by atoms with Gasteiger partial charge in [0.25, 0.3) is 0 Å². The van der Waals surface area contributed by atoms with Gasteiger partial charge in [0, 0.05) is 69.9 Å². The molecular formula is C35H36ClF6N7O3. The second kappa shape index (κ2) is 14.8. The summed E-state index contributed by atoms with van der Waals surface area (Å²) < 4.78 is 90.4. The minimum atomic E-state index is -5.00. The highest BCUT2D eigenvalue weighted by Crippen LogP contribution is 2.40. The number of ether oxygens (including phenoxy) is 1. The normalized spacial score (nSPS) is 18.6. The summed E-state index contributed by atoms with van der Waals surface area (Å²) in [5, 5.41) is 13.9. The van der Waals surface area contributed by atoms with Crippen LogP contribution in [0.1, 0.15) is 36.0 Å². The lowest BCUT2D eigenvalue weighted by Crippen LogP contribution is -2.39. The number of benzene rings is 1. The van der Waals surface area contributed by atoms with E-state index in [4.69, 9.17) is 16.3 Å². The Labute approximate surface area is 300 Å². The van der Waals surface area contributed by atoms with Gasteiger partial charge >= 0.3 is 18.3 Å². The van der Waals surface area contributed by atoms with Crippen molar-refractivity contribution in [1.29, 1.82) is 0 Å². The molecule has 0 spiro atoms. The van der Waals surface area contributed by atoms with Crippen LogP contribution in [0.15, 0.2) is 61.2 Å². The highest BCUT2D eigenvalue weighted by atomic mass is 35.5. The van der Waals surface area contributed by atoms with Crippen LogP contribution in [0.2, 0.25) is 5.02 Å². The fourth-order valence-corrected chi connectivity index (χ4v) is 7.14. The van der Waals surface area contributed by atoms with Gasteiger partial charge in [-0.2, -0.15) is 31.4 Å². The number of carbonyl (C=O) groups is 1. The van der Waals surface area contributed by atoms with E-state index in [1.54, 1.807) is 47.4 Å². The third kappa shape index (κ3) is 8.22. The molecule has 0 saturated carbocycles. The van der Waals surface area contributed by atoms with Crippen molar-refractivity contribution in [3.05, 3.63) is 82.9 Å². The van der Waals surface area contributed by atoms with Crippen molar-refractivity contribution >= 4 is 34.9 Å². The highest BCUT2D eigenvalue weighted by Gasteiger charge is 2.40. The maximum atomic E-state index is 13.9. The third-order valence-corrected chi connectivity index (χ3v) is 9.86. The van der Waals surface area contributed by atoms with E-state index >= 15 is 0 Å². The van der Waals surface area contributed by atoms with Crippen LogP contribution in [0, 0.1) is 5.92 Å². The second-order valence-electron chi connectivity index (χ2n) is 13.1. The summed E-state index contributed by atoms with van der Waals surface area (Å²) in [6.45, 7) is 1.19. The Morgan fingerprint density at radius 2 is 1.67 bits per heavy atom. The SMILES string of the molecule is COC[C@@H]1C[C@H](N(Cc2cc(C(F)(F)F)cc(C(F)(F)F)c2)c2ccc(-c3cnn(C)c3)cn2)CN1c1cc(N2CCC(C(=O)O)CC2)ncc1Cl. The number of carboxylic acids is 1. The van der Waals surface area contributed by atoms with E-state index in [0.717, 1.165) is 23.3 Å². The molecule has 4 aromatic rings. The van der Waals surface area contributed by atoms with E-state index in [1.165, 1.54) is 13.3 Å². The van der Waals surface area contributed by atoms with Crippen molar-refractivity contribution in [2.75, 3.05) is 48.1 Å². The van der Waals surface area contributed by atoms with Crippen LogP contribution in [0.4, 0.5) is 43.7 Å². The van der Waals surface area contributed by atoms with Crippen LogP contribution in [0.25, 0.3) is 11.1 Å². The molecular weight excluding hydrogens is 716 g/mol. The van der Waals surface area contributed by atoms with Crippen LogP contribution >= 0.6 is 11.6 Å². The monoisotopic (exact) mass is 751 g/mol. The van der Waals surface area contributed by atoms with E-state index in [1.807, 2.05) is 15.9 Å². The van der Waals surface area contributed by atoms with Gasteiger partial charge in [-0.3, -0.25) is 9.48 Å². The van der Waals surface area contributed by atoms with Crippen LogP contribution < -0.4 is 14.7 Å². The predicted octanol–water partition coefficient (Wildman–Crippen LogP) is 7.17. The summed E-state index contributed by atoms with van der Waals surface area (Å²) in [6, 6.07) is 6.14. The molecule has 6 rings (SSSR count). The van der Waals surface area contributed by atoms with Crippen molar-refractivity contribution in [3.8, 4) is 11.1 Å². The lowest BCUT2D eigenvalue weighted by Gasteiger charge is -2.33. The molecule has 52 heavy (non-hydrogen) atoms. The fourth-order valence-electron chi connectivity index (χ4n) is 6.93. The summed E-state index contributed by atoms with van der Waals surface area (Å²) in [5.41, 5.74) is -0.852. The summed E-state index contributed by atoms with van der Waals surface area (Å²) in [6.07, 6.45) is -2.13. The molecule has 3 aromatic heterocycles. The van der Waals surface area contributed by atoms with Crippen molar-refractivity contribution in [2.45, 2.75) is 50.2 Å². The van der Waals surface area contributed by atoms with Gasteiger partial charge in [-0.25, -0.2) is 9.97 Å². The van der Waals surface area contributed by atoms with Gasteiger partial charge in [-0.1, -0.05) is 11.6 Å². The number of anilines is 3. The molecule has 0 bridgehead atoms. The van der Waals surface area contributed by atoms with Gasteiger partial charge < -0.3 is 24.5 Å². The van der Waals surface area contributed by atoms with Crippen LogP contribution in [0.5, 0.6) is 0 Å². The molecule has 0 aliphatic carbocycles. The van der Waals surface area contributed by atoms with Crippen molar-refractivity contribution in [3.63, 3.8) is 0 Å². The minimum absolute atomic E-state index is 0.119. The van der Waals surface area contributed by atoms with Gasteiger partial charge in [0.15, 0.2) is 0 Å². The maximum absolute atomic E-state index is 13.9. The van der Waals surface area contributed by atoms with Gasteiger partial charge in [-0.15, -0.1) is 0 Å². The average Bonchev–Trinajstić information content (AvgIpc) is 3.73. The second-order valence-corrected chi connectivity index (χ2v) is 13.5. The Hall–Kier alpha value is -4.57. The summed E-state index contributed by atoms with van der Waals surface area (Å²) in [7, 11) is 3.30. The average molecular weight is 752 g/mol. The molecule has 0 unspecified atom stereocenters. The third-order valence-electron chi connectivity index (χ3n) is 9.57. The molecule has 2 saturated heterocycles. The summed E-state index contributed by atoms with van der Waals surface area (Å²) in [4.78, 5) is 26.4. The van der Waals surface area contributed by atoms with E-state index in [0.29, 0.717) is 54.7 Å². The van der Waals surface area contributed by atoms with Gasteiger partial charge in [0.1, 0.15) is 11.6 Å². The van der Waals surface area contributed by atoms with Gasteiger partial charge in [0.2, 0.25) is 0 Å². The molecule has 17 heteroatoms. The lowest BCUT2D eigenvalue weighted by molar-refractivity contribution is -0.144. The molecule has 2 fully saturated rings. The van der Waals surface area contributed by atoms with Crippen molar-refractivity contribution in [2.24, 2.45) is 13.0 Å². The molecule has 1 aromatic carbocycles. The number of aliphatic carboxylic acids is 1. The topological polar surface area (TPSA) is 99.9 Å². The largest absolute Gasteiger partial charge is 0.481 e. The van der Waals surface area contributed by atoms with E-state index in [9.17, 15) is 36.2 Å². The van der Waals surface area contributed by atoms with Crippen molar-refractivity contribution < 1.29 is 41.0 Å². The minimum Gasteiger partial charge on any atom is -0.481 e. The van der Waals surface area contributed by atoms with Gasteiger partial charge in [-0.05, 0) is 55.2 Å². The molecule has 0 amide bonds. The van der Waals surface area contributed by atoms with Gasteiger partial charge in [0.05, 0.1) is 58.8 Å². The number of aromatic nitrogens is 4. The Balaban J connectivity index is 1.36. The number of hydrogen-bond donors (Lipinski definition) is 1. The number of carboxylic acid groups (broad SMARTS) is 1. The first-order valence-electron chi connectivity index (χ1n) is 16.5. The number of nitrogens with zero attached hydrogens (tertiary/aromatic N) is 7. The first-order valence-corrected chi connectivity index (χ1v) is 16.9. The Morgan fingerprint density at radius 3 is 2.23 bits per heavy atom. The van der Waals surface area contributed by atoms with E-state index < -0.39 is 41.4 Å². The zero-order chi connectivity index (χ0) is 37.4. The van der Waals surface area contributed by atoms with Crippen LogP contribution in [-0.4, -0.2) is 76.3 Å². The van der Waals surface area contributed by atoms with Crippen molar-refractivity contribution in [1.82, 2.24) is 19.7 Å². The zero-order valence-electron chi connectivity index (χ0n) is 28.2. The Kier molecular flexibility index (Phi) is 10.6.